The highest BCUT2D eigenvalue weighted by atomic mass is 32.1. The van der Waals surface area contributed by atoms with Crippen molar-refractivity contribution in [2.75, 3.05) is 13.7 Å². The highest BCUT2D eigenvalue weighted by Crippen LogP contribution is 2.35. The lowest BCUT2D eigenvalue weighted by atomic mass is 10.2. The highest BCUT2D eigenvalue weighted by molar-refractivity contribution is 7.11. The molecule has 2 heterocycles. The average Bonchev–Trinajstić information content (AvgIpc) is 3.62. The number of aromatic amines is 1. The summed E-state index contributed by atoms with van der Waals surface area (Å²) in [7, 11) is 1.25. The Hall–Kier alpha value is -3.77. The zero-order chi connectivity index (χ0) is 26.3. The Morgan fingerprint density at radius 2 is 1.86 bits per heavy atom. The Morgan fingerprint density at radius 3 is 2.57 bits per heavy atom. The van der Waals surface area contributed by atoms with Crippen molar-refractivity contribution in [3.05, 3.63) is 78.4 Å². The number of halogens is 3. The number of hydrogen-bond donors (Lipinski definition) is 2. The van der Waals surface area contributed by atoms with Crippen molar-refractivity contribution in [2.45, 2.75) is 26.1 Å². The minimum atomic E-state index is -1.15. The summed E-state index contributed by atoms with van der Waals surface area (Å²) in [5, 5.41) is 11.1. The van der Waals surface area contributed by atoms with E-state index in [1.54, 1.807) is 0 Å². The molecule has 1 aliphatic rings. The molecule has 2 aromatic carbocycles. The van der Waals surface area contributed by atoms with Gasteiger partial charge in [0.15, 0.2) is 29.0 Å². The number of H-pyrrole nitrogens is 1. The molecule has 1 saturated carbocycles. The molecule has 0 amide bonds. The molecule has 4 aromatic rings. The highest BCUT2D eigenvalue weighted by Gasteiger charge is 2.24. The molecular weight excluding hydrogens is 513 g/mol. The predicted molar refractivity (Wildman–Crippen MR) is 129 cm³/mol. The van der Waals surface area contributed by atoms with Crippen LogP contribution in [0.1, 0.15) is 23.3 Å². The summed E-state index contributed by atoms with van der Waals surface area (Å²) >= 11 is 1.07. The SMILES string of the molecule is COc1cc(F)c(-n2c(=O)[nH]c3csc(CO)c3c2=O)cc1OCc1c(OCC2CC2)ccc(F)c1F. The van der Waals surface area contributed by atoms with Gasteiger partial charge in [-0.15, -0.1) is 11.3 Å². The fourth-order valence-corrected chi connectivity index (χ4v) is 4.72. The van der Waals surface area contributed by atoms with Gasteiger partial charge < -0.3 is 24.3 Å². The summed E-state index contributed by atoms with van der Waals surface area (Å²) in [4.78, 5) is 28.6. The number of nitrogens with zero attached hydrogens (tertiary/aromatic N) is 1. The number of hydrogen-bond acceptors (Lipinski definition) is 7. The number of nitrogens with one attached hydrogen (secondary N) is 1. The predicted octanol–water partition coefficient (Wildman–Crippen LogP) is 4.03. The van der Waals surface area contributed by atoms with Crippen LogP contribution >= 0.6 is 11.3 Å². The van der Waals surface area contributed by atoms with Gasteiger partial charge in [-0.25, -0.2) is 22.5 Å². The van der Waals surface area contributed by atoms with E-state index in [0.717, 1.165) is 42.4 Å². The van der Waals surface area contributed by atoms with Gasteiger partial charge in [0.2, 0.25) is 0 Å². The third-order valence-corrected chi connectivity index (χ3v) is 7.01. The molecule has 2 N–H and O–H groups in total. The number of aliphatic hydroxyl groups is 1. The summed E-state index contributed by atoms with van der Waals surface area (Å²) in [5.41, 5.74) is -2.18. The third-order valence-electron chi connectivity index (χ3n) is 6.04. The van der Waals surface area contributed by atoms with E-state index < -0.39 is 47.6 Å². The fraction of sp³-hybridized carbons (Fsp3) is 0.280. The van der Waals surface area contributed by atoms with Crippen molar-refractivity contribution < 1.29 is 32.5 Å². The van der Waals surface area contributed by atoms with Crippen LogP contribution in [0.3, 0.4) is 0 Å². The van der Waals surface area contributed by atoms with E-state index in [0.29, 0.717) is 22.0 Å². The van der Waals surface area contributed by atoms with Crippen LogP contribution in [0.15, 0.2) is 39.2 Å². The molecule has 1 aliphatic carbocycles. The first-order valence-corrected chi connectivity index (χ1v) is 12.2. The lowest BCUT2D eigenvalue weighted by Gasteiger charge is -2.16. The minimum Gasteiger partial charge on any atom is -0.493 e. The molecule has 1 fully saturated rings. The van der Waals surface area contributed by atoms with Crippen LogP contribution in [-0.2, 0) is 13.2 Å². The van der Waals surface area contributed by atoms with E-state index >= 15 is 4.39 Å². The number of aromatic nitrogens is 2. The lowest BCUT2D eigenvalue weighted by Crippen LogP contribution is -2.34. The first kappa shape index (κ1) is 24.9. The first-order valence-electron chi connectivity index (χ1n) is 11.3. The van der Waals surface area contributed by atoms with Crippen molar-refractivity contribution >= 4 is 22.2 Å². The second-order valence-corrected chi connectivity index (χ2v) is 9.48. The first-order chi connectivity index (χ1) is 17.8. The summed E-state index contributed by atoms with van der Waals surface area (Å²) in [6, 6.07) is 4.23. The second kappa shape index (κ2) is 9.94. The van der Waals surface area contributed by atoms with Gasteiger partial charge in [0.05, 0.1) is 42.5 Å². The number of thiophene rings is 1. The van der Waals surface area contributed by atoms with Gasteiger partial charge >= 0.3 is 5.69 Å². The zero-order valence-electron chi connectivity index (χ0n) is 19.5. The Kier molecular flexibility index (Phi) is 6.69. The molecule has 0 unspecified atom stereocenters. The number of benzene rings is 2. The van der Waals surface area contributed by atoms with Crippen LogP contribution in [0.5, 0.6) is 17.2 Å². The molecule has 0 aliphatic heterocycles. The Morgan fingerprint density at radius 1 is 1.08 bits per heavy atom. The summed E-state index contributed by atoms with van der Waals surface area (Å²) < 4.78 is 60.8. The van der Waals surface area contributed by atoms with Crippen molar-refractivity contribution in [3.63, 3.8) is 0 Å². The minimum absolute atomic E-state index is 0.0454. The number of methoxy groups -OCH3 is 1. The normalized spacial score (nSPS) is 13.2. The van der Waals surface area contributed by atoms with Gasteiger partial charge in [0, 0.05) is 22.4 Å². The van der Waals surface area contributed by atoms with Crippen molar-refractivity contribution in [3.8, 4) is 22.9 Å². The molecule has 0 atom stereocenters. The van der Waals surface area contributed by atoms with Crippen LogP contribution in [0.25, 0.3) is 16.6 Å². The van der Waals surface area contributed by atoms with Crippen LogP contribution < -0.4 is 25.5 Å². The topological polar surface area (TPSA) is 103 Å². The molecule has 0 saturated heterocycles. The quantitative estimate of drug-likeness (QED) is 0.336. The molecule has 0 bridgehead atoms. The van der Waals surface area contributed by atoms with Crippen molar-refractivity contribution in [1.29, 1.82) is 0 Å². The largest absolute Gasteiger partial charge is 0.493 e. The van der Waals surface area contributed by atoms with E-state index in [1.165, 1.54) is 18.6 Å². The molecule has 194 valence electrons. The average molecular weight is 535 g/mol. The smallest absolute Gasteiger partial charge is 0.333 e. The van der Waals surface area contributed by atoms with Gasteiger partial charge in [-0.3, -0.25) is 4.79 Å². The molecule has 5 rings (SSSR count). The summed E-state index contributed by atoms with van der Waals surface area (Å²) in [6.45, 7) is -0.595. The van der Waals surface area contributed by atoms with Crippen LogP contribution in [0.2, 0.25) is 0 Å². The second-order valence-electron chi connectivity index (χ2n) is 8.51. The molecular formula is C25H21F3N2O6S. The maximum absolute atomic E-state index is 15.1. The van der Waals surface area contributed by atoms with Gasteiger partial charge in [0.1, 0.15) is 12.4 Å². The number of rotatable bonds is 9. The molecule has 0 radical (unpaired) electrons. The molecule has 8 nitrogen and oxygen atoms in total. The Labute approximate surface area is 211 Å². The van der Waals surface area contributed by atoms with Crippen LogP contribution in [-0.4, -0.2) is 28.4 Å². The fourth-order valence-electron chi connectivity index (χ4n) is 3.89. The van der Waals surface area contributed by atoms with Gasteiger partial charge in [-0.05, 0) is 30.9 Å². The maximum atomic E-state index is 15.1. The van der Waals surface area contributed by atoms with Gasteiger partial charge in [0.25, 0.3) is 5.56 Å². The number of aliphatic hydroxyl groups excluding tert-OH is 1. The van der Waals surface area contributed by atoms with Gasteiger partial charge in [-0.1, -0.05) is 0 Å². The van der Waals surface area contributed by atoms with E-state index in [1.807, 2.05) is 0 Å². The van der Waals surface area contributed by atoms with E-state index in [4.69, 9.17) is 14.2 Å². The summed E-state index contributed by atoms with van der Waals surface area (Å²) in [5.74, 6) is -2.97. The van der Waals surface area contributed by atoms with E-state index in [9.17, 15) is 23.5 Å². The van der Waals surface area contributed by atoms with Crippen LogP contribution in [0, 0.1) is 23.4 Å². The lowest BCUT2D eigenvalue weighted by molar-refractivity contribution is 0.254. The Balaban J connectivity index is 1.55. The molecule has 37 heavy (non-hydrogen) atoms. The maximum Gasteiger partial charge on any atom is 0.333 e. The third kappa shape index (κ3) is 4.69. The van der Waals surface area contributed by atoms with Gasteiger partial charge in [-0.2, -0.15) is 0 Å². The summed E-state index contributed by atoms with van der Waals surface area (Å²) in [6.07, 6.45) is 2.00. The van der Waals surface area contributed by atoms with E-state index in [2.05, 4.69) is 4.98 Å². The van der Waals surface area contributed by atoms with Crippen molar-refractivity contribution in [2.24, 2.45) is 5.92 Å². The monoisotopic (exact) mass is 534 g/mol. The molecule has 12 heteroatoms. The number of fused-ring (bicyclic) bond motifs is 1. The molecule has 0 spiro atoms. The van der Waals surface area contributed by atoms with Crippen molar-refractivity contribution in [1.82, 2.24) is 9.55 Å². The van der Waals surface area contributed by atoms with E-state index in [-0.39, 0.29) is 33.7 Å². The number of ether oxygens (including phenoxy) is 3. The standard InChI is InChI=1S/C25H21F3N2O6S/c1-34-19-6-15(27)17(30-24(32)22-16(29-25(30)33)11-37-21(22)8-31)7-20(19)36-10-13-18(35-9-12-2-3-12)5-4-14(26)23(13)28/h4-7,11-12,31H,2-3,8-10H2,1H3,(H,29,33). The molecule has 2 aromatic heterocycles. The Bertz CT molecular complexity index is 1610. The zero-order valence-corrected chi connectivity index (χ0v) is 20.3. The van der Waals surface area contributed by atoms with Crippen LogP contribution in [0.4, 0.5) is 13.2 Å².